The highest BCUT2D eigenvalue weighted by Crippen LogP contribution is 2.56. The minimum atomic E-state index is -3.33. The molecule has 1 heterocycles. The number of Topliss-reactive ketones (excluding diaryl/α,β-unsaturated/α-hetero) is 4. The summed E-state index contributed by atoms with van der Waals surface area (Å²) in [6.45, 7) is 2.18. The van der Waals surface area contributed by atoms with Crippen LogP contribution in [0.1, 0.15) is 81.8 Å². The number of aliphatic hydroxyl groups is 3. The first-order valence-electron chi connectivity index (χ1n) is 16.7. The number of ketones is 4. The number of aliphatic hydroxyl groups excluding tert-OH is 2. The Morgan fingerprint density at radius 3 is 2.22 bits per heavy atom. The van der Waals surface area contributed by atoms with Crippen LogP contribution in [0.15, 0.2) is 17.1 Å². The van der Waals surface area contributed by atoms with Crippen molar-refractivity contribution < 1.29 is 78.4 Å². The monoisotopic (exact) mass is 754 g/mol. The second-order valence-corrected chi connectivity index (χ2v) is 13.7. The molecule has 0 saturated carbocycles. The molecular weight excluding hydrogens is 716 g/mol. The predicted octanol–water partition coefficient (Wildman–Crippen LogP) is -0.522. The molecule has 2 aromatic rings. The summed E-state index contributed by atoms with van der Waals surface area (Å²) in [6.07, 6.45) is -8.53. The topological polar surface area (TPSA) is 276 Å². The molecular formula is C36H38N2O16. The van der Waals surface area contributed by atoms with Gasteiger partial charge in [0.1, 0.15) is 36.4 Å². The van der Waals surface area contributed by atoms with Crippen LogP contribution >= 0.6 is 0 Å². The number of phenolic OH excluding ortho intramolecular Hbond substituents is 2. The SMILES string of the molecule is CO[C@@H]1[C@@H](O)[C@@H](OC)C(N=C2CC(=O)c3c(cc4c(c3O)C(=O)[C@]3(OC)[C@H](O)Cc5cc(C)c(C(=O)N(C)CC(=O)O)c(O)c5[C@]3(O)C4=O)C2=O)O[C@H]1C. The zero-order valence-corrected chi connectivity index (χ0v) is 29.9. The summed E-state index contributed by atoms with van der Waals surface area (Å²) in [7, 11) is 4.64. The molecule has 0 spiro atoms. The average molecular weight is 755 g/mol. The molecule has 0 aromatic heterocycles. The van der Waals surface area contributed by atoms with Crippen molar-refractivity contribution in [3.63, 3.8) is 0 Å². The largest absolute Gasteiger partial charge is 0.507 e. The number of benzene rings is 2. The molecule has 6 N–H and O–H groups in total. The Kier molecular flexibility index (Phi) is 9.63. The summed E-state index contributed by atoms with van der Waals surface area (Å²) >= 11 is 0. The summed E-state index contributed by atoms with van der Waals surface area (Å²) in [6, 6.07) is 2.08. The number of carbonyl (C=O) groups is 6. The van der Waals surface area contributed by atoms with E-state index in [0.29, 0.717) is 0 Å². The molecule has 3 aliphatic carbocycles. The number of rotatable bonds is 7. The third-order valence-corrected chi connectivity index (χ3v) is 10.8. The Hall–Kier alpha value is -4.95. The molecule has 0 radical (unpaired) electrons. The Morgan fingerprint density at radius 1 is 0.981 bits per heavy atom. The molecule has 1 amide bonds. The first-order valence-corrected chi connectivity index (χ1v) is 16.7. The van der Waals surface area contributed by atoms with E-state index in [1.165, 1.54) is 27.2 Å². The first kappa shape index (κ1) is 38.8. The Bertz CT molecular complexity index is 2080. The van der Waals surface area contributed by atoms with Crippen LogP contribution < -0.4 is 0 Å². The van der Waals surface area contributed by atoms with Crippen molar-refractivity contribution in [1.29, 1.82) is 0 Å². The van der Waals surface area contributed by atoms with E-state index in [-0.39, 0.29) is 11.1 Å². The van der Waals surface area contributed by atoms with E-state index in [0.717, 1.165) is 25.1 Å². The zero-order chi connectivity index (χ0) is 39.9. The maximum atomic E-state index is 14.7. The lowest BCUT2D eigenvalue weighted by molar-refractivity contribution is -0.228. The molecule has 8 atom stereocenters. The van der Waals surface area contributed by atoms with Gasteiger partial charge in [0.25, 0.3) is 5.91 Å². The van der Waals surface area contributed by atoms with Crippen molar-refractivity contribution >= 4 is 40.7 Å². The van der Waals surface area contributed by atoms with E-state index in [2.05, 4.69) is 4.99 Å². The average Bonchev–Trinajstić information content (AvgIpc) is 3.08. The number of aromatic hydroxyl groups is 2. The number of ether oxygens (including phenoxy) is 4. The van der Waals surface area contributed by atoms with Crippen LogP contribution in [0.2, 0.25) is 0 Å². The molecule has 1 aliphatic heterocycles. The number of aryl methyl sites for hydroxylation is 1. The smallest absolute Gasteiger partial charge is 0.323 e. The van der Waals surface area contributed by atoms with Crippen molar-refractivity contribution in [2.24, 2.45) is 4.99 Å². The van der Waals surface area contributed by atoms with Crippen LogP contribution in [-0.4, -0.2) is 154 Å². The van der Waals surface area contributed by atoms with E-state index >= 15 is 0 Å². The van der Waals surface area contributed by atoms with Crippen molar-refractivity contribution in [2.75, 3.05) is 34.9 Å². The lowest BCUT2D eigenvalue weighted by atomic mass is 9.56. The van der Waals surface area contributed by atoms with Gasteiger partial charge in [-0.25, -0.2) is 0 Å². The number of amides is 1. The lowest BCUT2D eigenvalue weighted by Crippen LogP contribution is -2.73. The van der Waals surface area contributed by atoms with Gasteiger partial charge in [-0.3, -0.25) is 33.8 Å². The van der Waals surface area contributed by atoms with E-state index in [9.17, 15) is 59.4 Å². The molecule has 1 saturated heterocycles. The highest BCUT2D eigenvalue weighted by atomic mass is 16.6. The van der Waals surface area contributed by atoms with Gasteiger partial charge in [-0.1, -0.05) is 6.07 Å². The number of carboxylic acid groups (broad SMARTS) is 1. The fourth-order valence-electron chi connectivity index (χ4n) is 8.28. The summed E-state index contributed by atoms with van der Waals surface area (Å²) in [5.41, 5.74) is -10.8. The maximum Gasteiger partial charge on any atom is 0.323 e. The minimum absolute atomic E-state index is 0.0733. The summed E-state index contributed by atoms with van der Waals surface area (Å²) in [5, 5.41) is 67.4. The number of hydrogen-bond donors (Lipinski definition) is 6. The van der Waals surface area contributed by atoms with Crippen molar-refractivity contribution in [1.82, 2.24) is 4.90 Å². The first-order chi connectivity index (χ1) is 25.3. The van der Waals surface area contributed by atoms with Crippen LogP contribution in [0.3, 0.4) is 0 Å². The quantitative estimate of drug-likeness (QED) is 0.207. The molecule has 1 fully saturated rings. The third-order valence-electron chi connectivity index (χ3n) is 10.8. The van der Waals surface area contributed by atoms with Crippen LogP contribution in [0.4, 0.5) is 0 Å². The van der Waals surface area contributed by atoms with Crippen LogP contribution in [0, 0.1) is 6.92 Å². The summed E-state index contributed by atoms with van der Waals surface area (Å²) in [5.74, 6) is -9.26. The van der Waals surface area contributed by atoms with Crippen molar-refractivity contribution in [3.05, 3.63) is 56.6 Å². The number of carboxylic acids is 1. The van der Waals surface area contributed by atoms with Gasteiger partial charge in [-0.15, -0.1) is 0 Å². The third kappa shape index (κ3) is 5.16. The lowest BCUT2D eigenvalue weighted by Gasteiger charge is -2.53. The fourth-order valence-corrected chi connectivity index (χ4v) is 8.28. The van der Waals surface area contributed by atoms with E-state index in [1.807, 2.05) is 0 Å². The van der Waals surface area contributed by atoms with E-state index < -0.39 is 153 Å². The van der Waals surface area contributed by atoms with Crippen molar-refractivity contribution in [2.45, 2.75) is 74.6 Å². The number of aliphatic imine (C=N–C) groups is 1. The molecule has 4 aliphatic rings. The second kappa shape index (κ2) is 13.4. The molecule has 288 valence electrons. The van der Waals surface area contributed by atoms with Crippen LogP contribution in [0.25, 0.3) is 0 Å². The van der Waals surface area contributed by atoms with Crippen LogP contribution in [-0.2, 0) is 35.8 Å². The zero-order valence-electron chi connectivity index (χ0n) is 29.9. The highest BCUT2D eigenvalue weighted by molar-refractivity contribution is 6.53. The number of fused-ring (bicyclic) bond motifs is 5. The van der Waals surface area contributed by atoms with Gasteiger partial charge in [0.05, 0.1) is 41.0 Å². The number of likely N-dealkylation sites (N-methyl/N-ethyl adjacent to an activating group) is 1. The standard InChI is InChI=1S/C36H38N2O16/c1-12-7-14-8-19(40)36(53-6)32(48)23-16(31(47)35(36,50)24(14)27(45)21(12)34(49)38(3)11-20(41)42)9-15-22(26(23)44)18(39)10-17(25(15)43)37-33-30(52-5)28(46)29(51-4)13(2)54-33/h7,9,13,19,28-30,33,40,44-46,50H,8,10-11H2,1-6H3,(H,41,42)/t13-,19+,28+,29-,30+,33?,35-,36+/m0/s1. The summed E-state index contributed by atoms with van der Waals surface area (Å²) < 4.78 is 22.0. The second-order valence-electron chi connectivity index (χ2n) is 13.7. The van der Waals surface area contributed by atoms with Gasteiger partial charge in [0.2, 0.25) is 17.3 Å². The number of nitrogens with zero attached hydrogens (tertiary/aromatic N) is 2. The number of aliphatic carboxylic acids is 1. The van der Waals surface area contributed by atoms with Crippen molar-refractivity contribution in [3.8, 4) is 11.5 Å². The molecule has 18 nitrogen and oxygen atoms in total. The van der Waals surface area contributed by atoms with Crippen LogP contribution in [0.5, 0.6) is 11.5 Å². The number of hydrogen-bond acceptors (Lipinski definition) is 16. The minimum Gasteiger partial charge on any atom is -0.507 e. The van der Waals surface area contributed by atoms with Gasteiger partial charge in [0, 0.05) is 51.5 Å². The highest BCUT2D eigenvalue weighted by Gasteiger charge is 2.72. The van der Waals surface area contributed by atoms with E-state index in [1.54, 1.807) is 6.92 Å². The number of phenols is 2. The molecule has 2 aromatic carbocycles. The Morgan fingerprint density at radius 2 is 1.63 bits per heavy atom. The fraction of sp³-hybridized carbons (Fsp3) is 0.472. The van der Waals surface area contributed by atoms with Gasteiger partial charge in [-0.05, 0) is 31.0 Å². The molecule has 0 bridgehead atoms. The van der Waals surface area contributed by atoms with E-state index in [4.69, 9.17) is 18.9 Å². The Balaban J connectivity index is 1.54. The number of carbonyl (C=O) groups excluding carboxylic acids is 5. The van der Waals surface area contributed by atoms with Gasteiger partial charge in [-0.2, -0.15) is 0 Å². The Labute approximate surface area is 306 Å². The maximum absolute atomic E-state index is 14.7. The van der Waals surface area contributed by atoms with Gasteiger partial charge < -0.3 is 54.5 Å². The predicted molar refractivity (Wildman–Crippen MR) is 180 cm³/mol. The molecule has 54 heavy (non-hydrogen) atoms. The van der Waals surface area contributed by atoms with Gasteiger partial charge in [0.15, 0.2) is 23.2 Å². The molecule has 6 rings (SSSR count). The number of methoxy groups -OCH3 is 3. The molecule has 18 heteroatoms. The normalized spacial score (nSPS) is 31.1. The summed E-state index contributed by atoms with van der Waals surface area (Å²) in [4.78, 5) is 86.7. The molecule has 1 unspecified atom stereocenters. The van der Waals surface area contributed by atoms with Gasteiger partial charge >= 0.3 is 5.97 Å².